The van der Waals surface area contributed by atoms with Gasteiger partial charge in [0.05, 0.1) is 6.10 Å². The highest BCUT2D eigenvalue weighted by Gasteiger charge is 2.51. The maximum Gasteiger partial charge on any atom is 0.126 e. The average molecular weight is 273 g/mol. The summed E-state index contributed by atoms with van der Waals surface area (Å²) in [6.45, 7) is 5.14. The Morgan fingerprint density at radius 1 is 1.25 bits per heavy atom. The van der Waals surface area contributed by atoms with Crippen molar-refractivity contribution in [2.24, 2.45) is 5.92 Å². The Morgan fingerprint density at radius 3 is 2.95 bits per heavy atom. The molecule has 108 valence electrons. The zero-order valence-corrected chi connectivity index (χ0v) is 12.2. The van der Waals surface area contributed by atoms with Crippen LogP contribution in [0.25, 0.3) is 0 Å². The van der Waals surface area contributed by atoms with Gasteiger partial charge in [0.1, 0.15) is 11.4 Å². The van der Waals surface area contributed by atoms with E-state index in [1.807, 2.05) is 0 Å². The van der Waals surface area contributed by atoms with Crippen LogP contribution in [-0.2, 0) is 4.74 Å². The standard InChI is InChI=1S/C17H23NO2/c1-12-4-5-13-15(11-12)20-17(6-8-18-9-7-17)14-3-2-10-19-16(13)14/h4-5,11,14,16,18H,2-3,6-10H2,1H3/t14-,16+/m1/s1. The summed E-state index contributed by atoms with van der Waals surface area (Å²) in [5.41, 5.74) is 2.53. The molecule has 3 heteroatoms. The molecular formula is C17H23NO2. The van der Waals surface area contributed by atoms with Crippen molar-refractivity contribution in [3.8, 4) is 5.75 Å². The molecule has 3 nitrogen and oxygen atoms in total. The van der Waals surface area contributed by atoms with Gasteiger partial charge < -0.3 is 14.8 Å². The lowest BCUT2D eigenvalue weighted by atomic mass is 9.70. The van der Waals surface area contributed by atoms with E-state index in [9.17, 15) is 0 Å². The Hall–Kier alpha value is -1.06. The number of nitrogens with one attached hydrogen (secondary N) is 1. The second kappa shape index (κ2) is 4.74. The fraction of sp³-hybridized carbons (Fsp3) is 0.647. The minimum absolute atomic E-state index is 0.00285. The summed E-state index contributed by atoms with van der Waals surface area (Å²) in [5, 5.41) is 3.47. The Morgan fingerprint density at radius 2 is 2.10 bits per heavy atom. The maximum atomic E-state index is 6.59. The molecule has 0 bridgehead atoms. The number of hydrogen-bond donors (Lipinski definition) is 1. The summed E-state index contributed by atoms with van der Waals surface area (Å²) >= 11 is 0. The van der Waals surface area contributed by atoms with Crippen molar-refractivity contribution in [1.82, 2.24) is 5.32 Å². The van der Waals surface area contributed by atoms with Crippen LogP contribution >= 0.6 is 0 Å². The van der Waals surface area contributed by atoms with Gasteiger partial charge in [-0.05, 0) is 57.3 Å². The molecule has 2 saturated heterocycles. The molecule has 1 spiro atoms. The van der Waals surface area contributed by atoms with E-state index in [1.54, 1.807) is 0 Å². The van der Waals surface area contributed by atoms with Crippen molar-refractivity contribution >= 4 is 0 Å². The van der Waals surface area contributed by atoms with Gasteiger partial charge in [0.2, 0.25) is 0 Å². The lowest BCUT2D eigenvalue weighted by Gasteiger charge is -2.52. The summed E-state index contributed by atoms with van der Waals surface area (Å²) < 4.78 is 12.8. The van der Waals surface area contributed by atoms with E-state index in [0.29, 0.717) is 5.92 Å². The van der Waals surface area contributed by atoms with Crippen LogP contribution in [0.3, 0.4) is 0 Å². The first-order valence-corrected chi connectivity index (χ1v) is 7.90. The van der Waals surface area contributed by atoms with Crippen molar-refractivity contribution in [2.75, 3.05) is 19.7 Å². The van der Waals surface area contributed by atoms with E-state index in [-0.39, 0.29) is 11.7 Å². The predicted molar refractivity (Wildman–Crippen MR) is 78.1 cm³/mol. The summed E-state index contributed by atoms with van der Waals surface area (Å²) in [5.74, 6) is 1.59. The van der Waals surface area contributed by atoms with Crippen molar-refractivity contribution in [2.45, 2.75) is 44.3 Å². The van der Waals surface area contributed by atoms with Crippen LogP contribution in [0.1, 0.15) is 42.9 Å². The first-order valence-electron chi connectivity index (χ1n) is 7.90. The Kier molecular flexibility index (Phi) is 3.00. The topological polar surface area (TPSA) is 30.5 Å². The van der Waals surface area contributed by atoms with Gasteiger partial charge in [-0.3, -0.25) is 0 Å². The lowest BCUT2D eigenvalue weighted by Crippen LogP contribution is -2.56. The molecule has 0 saturated carbocycles. The van der Waals surface area contributed by atoms with Crippen molar-refractivity contribution in [3.05, 3.63) is 29.3 Å². The number of fused-ring (bicyclic) bond motifs is 4. The molecule has 0 amide bonds. The number of benzene rings is 1. The molecule has 3 aliphatic rings. The van der Waals surface area contributed by atoms with Gasteiger partial charge in [-0.25, -0.2) is 0 Å². The monoisotopic (exact) mass is 273 g/mol. The van der Waals surface area contributed by atoms with Gasteiger partial charge in [0.15, 0.2) is 0 Å². The van der Waals surface area contributed by atoms with E-state index >= 15 is 0 Å². The fourth-order valence-electron chi connectivity index (χ4n) is 4.21. The zero-order chi connectivity index (χ0) is 13.6. The molecule has 0 aliphatic carbocycles. The highest BCUT2D eigenvalue weighted by molar-refractivity contribution is 5.42. The summed E-state index contributed by atoms with van der Waals surface area (Å²) in [7, 11) is 0. The molecule has 1 aromatic carbocycles. The number of aryl methyl sites for hydroxylation is 1. The molecular weight excluding hydrogens is 250 g/mol. The molecule has 0 aromatic heterocycles. The third-order valence-electron chi connectivity index (χ3n) is 5.24. The van der Waals surface area contributed by atoms with Crippen molar-refractivity contribution < 1.29 is 9.47 Å². The summed E-state index contributed by atoms with van der Waals surface area (Å²) in [4.78, 5) is 0. The van der Waals surface area contributed by atoms with Crippen LogP contribution in [0.5, 0.6) is 5.75 Å². The van der Waals surface area contributed by atoms with Gasteiger partial charge in [-0.2, -0.15) is 0 Å². The Bertz CT molecular complexity index is 508. The zero-order valence-electron chi connectivity index (χ0n) is 12.2. The van der Waals surface area contributed by atoms with E-state index in [0.717, 1.165) is 38.3 Å². The minimum atomic E-state index is -0.00285. The van der Waals surface area contributed by atoms with Gasteiger partial charge in [-0.1, -0.05) is 12.1 Å². The first kappa shape index (κ1) is 12.7. The fourth-order valence-corrected chi connectivity index (χ4v) is 4.21. The van der Waals surface area contributed by atoms with Crippen LogP contribution in [0.15, 0.2) is 18.2 Å². The highest BCUT2D eigenvalue weighted by atomic mass is 16.5. The summed E-state index contributed by atoms with van der Waals surface area (Å²) in [6.07, 6.45) is 4.85. The molecule has 4 rings (SSSR count). The molecule has 2 atom stereocenters. The van der Waals surface area contributed by atoms with Gasteiger partial charge in [0.25, 0.3) is 0 Å². The third-order valence-corrected chi connectivity index (χ3v) is 5.24. The van der Waals surface area contributed by atoms with E-state index < -0.39 is 0 Å². The molecule has 2 fully saturated rings. The summed E-state index contributed by atoms with van der Waals surface area (Å²) in [6, 6.07) is 6.58. The quantitative estimate of drug-likeness (QED) is 0.788. The van der Waals surface area contributed by atoms with Gasteiger partial charge in [0, 0.05) is 18.1 Å². The molecule has 3 aliphatic heterocycles. The Balaban J connectivity index is 1.79. The maximum absolute atomic E-state index is 6.59. The molecule has 1 aromatic rings. The van der Waals surface area contributed by atoms with Crippen molar-refractivity contribution in [3.63, 3.8) is 0 Å². The van der Waals surface area contributed by atoms with E-state index in [2.05, 4.69) is 30.4 Å². The van der Waals surface area contributed by atoms with Crippen LogP contribution < -0.4 is 10.1 Å². The largest absolute Gasteiger partial charge is 0.486 e. The molecule has 0 radical (unpaired) electrons. The average Bonchev–Trinajstić information content (AvgIpc) is 2.48. The van der Waals surface area contributed by atoms with Gasteiger partial charge in [-0.15, -0.1) is 0 Å². The third kappa shape index (κ3) is 1.87. The van der Waals surface area contributed by atoms with Crippen LogP contribution in [0.4, 0.5) is 0 Å². The number of ether oxygens (including phenoxy) is 2. The van der Waals surface area contributed by atoms with Crippen LogP contribution in [-0.4, -0.2) is 25.3 Å². The molecule has 0 unspecified atom stereocenters. The van der Waals surface area contributed by atoms with Crippen LogP contribution in [0, 0.1) is 12.8 Å². The Labute approximate surface area is 120 Å². The van der Waals surface area contributed by atoms with Crippen LogP contribution in [0.2, 0.25) is 0 Å². The number of rotatable bonds is 0. The van der Waals surface area contributed by atoms with Crippen molar-refractivity contribution in [1.29, 1.82) is 0 Å². The second-order valence-electron chi connectivity index (χ2n) is 6.50. The van der Waals surface area contributed by atoms with E-state index in [4.69, 9.17) is 9.47 Å². The second-order valence-corrected chi connectivity index (χ2v) is 6.50. The first-order chi connectivity index (χ1) is 9.78. The minimum Gasteiger partial charge on any atom is -0.486 e. The molecule has 20 heavy (non-hydrogen) atoms. The smallest absolute Gasteiger partial charge is 0.126 e. The molecule has 1 N–H and O–H groups in total. The highest BCUT2D eigenvalue weighted by Crippen LogP contribution is 2.52. The number of piperidine rings is 1. The number of hydrogen-bond acceptors (Lipinski definition) is 3. The van der Waals surface area contributed by atoms with E-state index in [1.165, 1.54) is 24.0 Å². The lowest BCUT2D eigenvalue weighted by molar-refractivity contribution is -0.141. The van der Waals surface area contributed by atoms with Gasteiger partial charge >= 0.3 is 0 Å². The predicted octanol–water partition coefficient (Wildman–Crippen LogP) is 2.98. The normalized spacial score (nSPS) is 31.2. The SMILES string of the molecule is Cc1ccc2c(c1)OC1(CCNCC1)[C@@H]1CCCO[C@@H]21. The molecule has 3 heterocycles.